The van der Waals surface area contributed by atoms with E-state index in [4.69, 9.17) is 22.7 Å². The van der Waals surface area contributed by atoms with Crippen LogP contribution in [0.15, 0.2) is 36.4 Å². The number of rotatable bonds is 3. The van der Waals surface area contributed by atoms with Crippen molar-refractivity contribution in [2.75, 3.05) is 0 Å². The van der Waals surface area contributed by atoms with E-state index in [1.165, 1.54) is 0 Å². The fraction of sp³-hybridized carbons (Fsp3) is 0.0625. The number of imidazole rings is 2. The van der Waals surface area contributed by atoms with Crippen LogP contribution >= 0.6 is 11.6 Å². The fourth-order valence-corrected chi connectivity index (χ4v) is 2.88. The Balaban J connectivity index is 1.74. The van der Waals surface area contributed by atoms with E-state index >= 15 is 0 Å². The molecule has 0 aliphatic heterocycles. The molecule has 0 spiro atoms. The van der Waals surface area contributed by atoms with Gasteiger partial charge in [-0.05, 0) is 24.3 Å². The van der Waals surface area contributed by atoms with Gasteiger partial charge in [-0.15, -0.1) is 0 Å². The van der Waals surface area contributed by atoms with E-state index < -0.39 is 0 Å². The maximum Gasteiger partial charge on any atom is 0.122 e. The molecule has 2 aromatic carbocycles. The first-order valence-corrected chi connectivity index (χ1v) is 7.44. The molecule has 6 nitrogen and oxygen atoms in total. The third kappa shape index (κ3) is 2.43. The van der Waals surface area contributed by atoms with Gasteiger partial charge < -0.3 is 15.7 Å². The van der Waals surface area contributed by atoms with Crippen molar-refractivity contribution >= 4 is 39.5 Å². The minimum Gasteiger partial charge on any atom is -0.384 e. The van der Waals surface area contributed by atoms with Crippen molar-refractivity contribution in [1.29, 1.82) is 5.41 Å². The highest BCUT2D eigenvalue weighted by molar-refractivity contribution is 6.35. The van der Waals surface area contributed by atoms with Crippen LogP contribution in [0.2, 0.25) is 5.02 Å². The highest BCUT2D eigenvalue weighted by atomic mass is 35.5. The molecule has 4 aromatic rings. The summed E-state index contributed by atoms with van der Waals surface area (Å²) in [5.74, 6) is 1.55. The lowest BCUT2D eigenvalue weighted by molar-refractivity contribution is 0.960. The molecule has 2 aromatic heterocycles. The Labute approximate surface area is 136 Å². The lowest BCUT2D eigenvalue weighted by atomic mass is 10.2. The molecular formula is C16H13ClN6. The first-order valence-electron chi connectivity index (χ1n) is 7.06. The predicted molar refractivity (Wildman–Crippen MR) is 91.0 cm³/mol. The molecular weight excluding hydrogens is 312 g/mol. The lowest BCUT2D eigenvalue weighted by Crippen LogP contribution is -2.10. The van der Waals surface area contributed by atoms with E-state index in [0.29, 0.717) is 22.5 Å². The molecule has 0 fully saturated rings. The summed E-state index contributed by atoms with van der Waals surface area (Å²) in [5.41, 5.74) is 9.44. The summed E-state index contributed by atoms with van der Waals surface area (Å²) in [6.07, 6.45) is 0.537. The van der Waals surface area contributed by atoms with Crippen LogP contribution in [0.5, 0.6) is 0 Å². The first kappa shape index (κ1) is 13.8. The van der Waals surface area contributed by atoms with Gasteiger partial charge in [-0.1, -0.05) is 23.7 Å². The Morgan fingerprint density at radius 3 is 2.61 bits per heavy atom. The quantitative estimate of drug-likeness (QED) is 0.343. The maximum absolute atomic E-state index is 7.53. The topological polar surface area (TPSA) is 107 Å². The molecule has 0 radical (unpaired) electrons. The number of benzene rings is 2. The number of halogens is 1. The number of nitrogen functional groups attached to an aromatic ring is 1. The number of aromatic amines is 2. The molecule has 114 valence electrons. The summed E-state index contributed by atoms with van der Waals surface area (Å²) >= 11 is 6.23. The molecule has 0 atom stereocenters. The third-order valence-corrected chi connectivity index (χ3v) is 3.96. The minimum absolute atomic E-state index is 0.0257. The molecule has 23 heavy (non-hydrogen) atoms. The van der Waals surface area contributed by atoms with Gasteiger partial charge in [0.1, 0.15) is 23.0 Å². The molecule has 0 saturated heterocycles. The standard InChI is InChI=1S/C16H13ClN6/c17-9-5-8(16(18)19)6-12-15(9)23-14(22-12)7-13-20-10-3-1-2-4-11(10)21-13/h1-6H,7H2,(H3,18,19)(H,20,21)(H,22,23). The molecule has 0 aliphatic carbocycles. The SMILES string of the molecule is N=C(N)c1cc(Cl)c2nc(Cc3nc4ccccc4[nH]3)[nH]c2c1. The Morgan fingerprint density at radius 1 is 1.09 bits per heavy atom. The van der Waals surface area contributed by atoms with Gasteiger partial charge >= 0.3 is 0 Å². The number of aromatic nitrogens is 4. The Morgan fingerprint density at radius 2 is 1.83 bits per heavy atom. The summed E-state index contributed by atoms with van der Waals surface area (Å²) in [5, 5.41) is 8.00. The van der Waals surface area contributed by atoms with E-state index in [1.54, 1.807) is 12.1 Å². The zero-order valence-corrected chi connectivity index (χ0v) is 12.8. The van der Waals surface area contributed by atoms with Crippen LogP contribution < -0.4 is 5.73 Å². The van der Waals surface area contributed by atoms with Crippen LogP contribution in [0.3, 0.4) is 0 Å². The van der Waals surface area contributed by atoms with Gasteiger partial charge in [0.05, 0.1) is 28.0 Å². The van der Waals surface area contributed by atoms with E-state index in [2.05, 4.69) is 19.9 Å². The second-order valence-electron chi connectivity index (χ2n) is 5.33. The predicted octanol–water partition coefficient (Wildman–Crippen LogP) is 2.97. The summed E-state index contributed by atoms with van der Waals surface area (Å²) in [6, 6.07) is 11.3. The van der Waals surface area contributed by atoms with Crippen molar-refractivity contribution in [3.8, 4) is 0 Å². The van der Waals surface area contributed by atoms with Crippen molar-refractivity contribution in [2.45, 2.75) is 6.42 Å². The average Bonchev–Trinajstić information content (AvgIpc) is 3.10. The first-order chi connectivity index (χ1) is 11.1. The van der Waals surface area contributed by atoms with Crippen LogP contribution in [0, 0.1) is 5.41 Å². The maximum atomic E-state index is 7.53. The van der Waals surface area contributed by atoms with E-state index in [-0.39, 0.29) is 5.84 Å². The van der Waals surface area contributed by atoms with Gasteiger partial charge in [0.25, 0.3) is 0 Å². The summed E-state index contributed by atoms with van der Waals surface area (Å²) in [4.78, 5) is 15.6. The number of hydrogen-bond donors (Lipinski definition) is 4. The molecule has 0 bridgehead atoms. The highest BCUT2D eigenvalue weighted by Crippen LogP contribution is 2.24. The van der Waals surface area contributed by atoms with Gasteiger partial charge in [-0.25, -0.2) is 9.97 Å². The molecule has 2 heterocycles. The number of fused-ring (bicyclic) bond motifs is 2. The zero-order valence-electron chi connectivity index (χ0n) is 12.0. The van der Waals surface area contributed by atoms with Gasteiger partial charge in [-0.2, -0.15) is 0 Å². The van der Waals surface area contributed by atoms with Crippen LogP contribution in [-0.4, -0.2) is 25.8 Å². The van der Waals surface area contributed by atoms with Gasteiger partial charge in [-0.3, -0.25) is 5.41 Å². The van der Waals surface area contributed by atoms with E-state index in [1.807, 2.05) is 24.3 Å². The smallest absolute Gasteiger partial charge is 0.122 e. The minimum atomic E-state index is -0.0257. The van der Waals surface area contributed by atoms with Crippen LogP contribution in [0.4, 0.5) is 0 Å². The second-order valence-corrected chi connectivity index (χ2v) is 5.74. The van der Waals surface area contributed by atoms with E-state index in [9.17, 15) is 0 Å². The largest absolute Gasteiger partial charge is 0.384 e. The number of para-hydroxylation sites is 2. The summed E-state index contributed by atoms with van der Waals surface area (Å²) in [7, 11) is 0. The number of nitrogens with one attached hydrogen (secondary N) is 3. The Kier molecular flexibility index (Phi) is 3.06. The molecule has 0 saturated carbocycles. The van der Waals surface area contributed by atoms with Crippen molar-refractivity contribution in [2.24, 2.45) is 5.73 Å². The van der Waals surface area contributed by atoms with Gasteiger partial charge in [0, 0.05) is 5.56 Å². The summed E-state index contributed by atoms with van der Waals surface area (Å²) < 4.78 is 0. The van der Waals surface area contributed by atoms with Crippen molar-refractivity contribution in [3.63, 3.8) is 0 Å². The lowest BCUT2D eigenvalue weighted by Gasteiger charge is -1.99. The normalized spacial score (nSPS) is 11.3. The van der Waals surface area contributed by atoms with Crippen molar-refractivity contribution in [1.82, 2.24) is 19.9 Å². The third-order valence-electron chi connectivity index (χ3n) is 3.67. The van der Waals surface area contributed by atoms with Crippen LogP contribution in [0.25, 0.3) is 22.1 Å². The number of amidine groups is 1. The number of nitrogens with two attached hydrogens (primary N) is 1. The molecule has 0 amide bonds. The monoisotopic (exact) mass is 324 g/mol. The number of hydrogen-bond acceptors (Lipinski definition) is 3. The molecule has 7 heteroatoms. The van der Waals surface area contributed by atoms with Gasteiger partial charge in [0.2, 0.25) is 0 Å². The van der Waals surface area contributed by atoms with E-state index in [0.717, 1.165) is 28.2 Å². The molecule has 5 N–H and O–H groups in total. The Bertz CT molecular complexity index is 1010. The van der Waals surface area contributed by atoms with Crippen molar-refractivity contribution < 1.29 is 0 Å². The molecule has 4 rings (SSSR count). The average molecular weight is 325 g/mol. The Hall–Kier alpha value is -2.86. The van der Waals surface area contributed by atoms with Crippen LogP contribution in [0.1, 0.15) is 17.2 Å². The zero-order chi connectivity index (χ0) is 16.0. The van der Waals surface area contributed by atoms with Crippen molar-refractivity contribution in [3.05, 3.63) is 58.6 Å². The number of H-pyrrole nitrogens is 2. The molecule has 0 aliphatic rings. The molecule has 0 unspecified atom stereocenters. The highest BCUT2D eigenvalue weighted by Gasteiger charge is 2.11. The fourth-order valence-electron chi connectivity index (χ4n) is 2.61. The summed E-state index contributed by atoms with van der Waals surface area (Å²) in [6.45, 7) is 0. The number of nitrogens with zero attached hydrogens (tertiary/aromatic N) is 2. The van der Waals surface area contributed by atoms with Gasteiger partial charge in [0.15, 0.2) is 0 Å². The second kappa shape index (κ2) is 5.10. The van der Waals surface area contributed by atoms with Crippen LogP contribution in [-0.2, 0) is 6.42 Å².